The SMILES string of the molecule is FC(F)(F)CNc1nc(NCc2cccc(Br)c2)nc(N2CCCC2)n1. The van der Waals surface area contributed by atoms with Crippen LogP contribution in [0.3, 0.4) is 0 Å². The molecule has 0 atom stereocenters. The first kappa shape index (κ1) is 18.7. The summed E-state index contributed by atoms with van der Waals surface area (Å²) in [5.41, 5.74) is 0.993. The zero-order valence-electron chi connectivity index (χ0n) is 13.9. The molecule has 1 aliphatic rings. The zero-order valence-corrected chi connectivity index (χ0v) is 15.4. The Bertz CT molecular complexity index is 749. The minimum Gasteiger partial charge on any atom is -0.350 e. The third-order valence-corrected chi connectivity index (χ3v) is 4.29. The Balaban J connectivity index is 1.76. The Labute approximate surface area is 157 Å². The minimum atomic E-state index is -4.34. The number of aromatic nitrogens is 3. The van der Waals surface area contributed by atoms with E-state index in [1.54, 1.807) is 0 Å². The number of nitrogens with zero attached hydrogens (tertiary/aromatic N) is 4. The molecule has 1 aromatic heterocycles. The molecule has 2 aromatic rings. The summed E-state index contributed by atoms with van der Waals surface area (Å²) >= 11 is 3.40. The standard InChI is InChI=1S/C16H18BrF3N6/c17-12-5-3-4-11(8-12)9-21-13-23-14(22-10-16(18,19)20)25-15(24-13)26-6-1-2-7-26/h3-5,8H,1-2,6-7,9-10H2,(H2,21,22,23,24,25). The molecule has 0 aliphatic carbocycles. The number of anilines is 3. The third kappa shape index (κ3) is 5.45. The van der Waals surface area contributed by atoms with Crippen molar-refractivity contribution in [2.45, 2.75) is 25.6 Å². The lowest BCUT2D eigenvalue weighted by atomic mass is 10.2. The summed E-state index contributed by atoms with van der Waals surface area (Å²) in [6.45, 7) is 0.824. The van der Waals surface area contributed by atoms with E-state index in [2.05, 4.69) is 41.5 Å². The van der Waals surface area contributed by atoms with E-state index in [9.17, 15) is 13.2 Å². The van der Waals surface area contributed by atoms with Crippen LogP contribution in [-0.2, 0) is 6.54 Å². The summed E-state index contributed by atoms with van der Waals surface area (Å²) < 4.78 is 38.4. The highest BCUT2D eigenvalue weighted by atomic mass is 79.9. The summed E-state index contributed by atoms with van der Waals surface area (Å²) in [4.78, 5) is 14.5. The van der Waals surface area contributed by atoms with Gasteiger partial charge in [-0.15, -0.1) is 0 Å². The molecule has 0 unspecified atom stereocenters. The van der Waals surface area contributed by atoms with E-state index in [1.807, 2.05) is 29.2 Å². The van der Waals surface area contributed by atoms with Crippen LogP contribution in [-0.4, -0.2) is 40.8 Å². The van der Waals surface area contributed by atoms with Gasteiger partial charge in [0.25, 0.3) is 0 Å². The van der Waals surface area contributed by atoms with Gasteiger partial charge in [0.15, 0.2) is 0 Å². The van der Waals surface area contributed by atoms with Crippen molar-refractivity contribution in [1.82, 2.24) is 15.0 Å². The number of nitrogens with one attached hydrogen (secondary N) is 2. The molecule has 3 rings (SSSR count). The summed E-state index contributed by atoms with van der Waals surface area (Å²) in [5, 5.41) is 5.29. The second-order valence-corrected chi connectivity index (χ2v) is 6.84. The number of benzene rings is 1. The largest absolute Gasteiger partial charge is 0.405 e. The fourth-order valence-electron chi connectivity index (χ4n) is 2.59. The fraction of sp³-hybridized carbons (Fsp3) is 0.438. The second-order valence-electron chi connectivity index (χ2n) is 5.93. The molecule has 0 radical (unpaired) electrons. The maximum absolute atomic E-state index is 12.5. The van der Waals surface area contributed by atoms with Crippen molar-refractivity contribution in [1.29, 1.82) is 0 Å². The molecule has 1 saturated heterocycles. The Kier molecular flexibility index (Phi) is 5.80. The van der Waals surface area contributed by atoms with E-state index >= 15 is 0 Å². The molecule has 2 heterocycles. The summed E-state index contributed by atoms with van der Waals surface area (Å²) in [6.07, 6.45) is -2.32. The predicted octanol–water partition coefficient (Wildman–Crippen LogP) is 3.82. The molecule has 0 saturated carbocycles. The van der Waals surface area contributed by atoms with Gasteiger partial charge in [-0.2, -0.15) is 28.1 Å². The van der Waals surface area contributed by atoms with Gasteiger partial charge in [-0.05, 0) is 30.5 Å². The van der Waals surface area contributed by atoms with Crippen molar-refractivity contribution in [3.8, 4) is 0 Å². The molecule has 0 bridgehead atoms. The number of halogens is 4. The summed E-state index contributed by atoms with van der Waals surface area (Å²) in [7, 11) is 0. The van der Waals surface area contributed by atoms with Gasteiger partial charge in [0.1, 0.15) is 6.54 Å². The van der Waals surface area contributed by atoms with Gasteiger partial charge in [0, 0.05) is 24.1 Å². The minimum absolute atomic E-state index is 0.0871. The van der Waals surface area contributed by atoms with Crippen LogP contribution in [0.25, 0.3) is 0 Å². The third-order valence-electron chi connectivity index (χ3n) is 3.80. The predicted molar refractivity (Wildman–Crippen MR) is 97.3 cm³/mol. The smallest absolute Gasteiger partial charge is 0.350 e. The van der Waals surface area contributed by atoms with Crippen molar-refractivity contribution in [2.24, 2.45) is 0 Å². The number of rotatable bonds is 6. The van der Waals surface area contributed by atoms with Crippen LogP contribution < -0.4 is 15.5 Å². The molecule has 0 spiro atoms. The molecule has 26 heavy (non-hydrogen) atoms. The van der Waals surface area contributed by atoms with Crippen LogP contribution in [0.1, 0.15) is 18.4 Å². The highest BCUT2D eigenvalue weighted by molar-refractivity contribution is 9.10. The zero-order chi connectivity index (χ0) is 18.6. The van der Waals surface area contributed by atoms with Gasteiger partial charge >= 0.3 is 6.18 Å². The highest BCUT2D eigenvalue weighted by Gasteiger charge is 2.27. The van der Waals surface area contributed by atoms with E-state index in [0.717, 1.165) is 36.0 Å². The Hall–Kier alpha value is -2.10. The van der Waals surface area contributed by atoms with Crippen LogP contribution in [0.2, 0.25) is 0 Å². The fourth-order valence-corrected chi connectivity index (χ4v) is 3.04. The van der Waals surface area contributed by atoms with Crippen LogP contribution in [0, 0.1) is 0 Å². The topological polar surface area (TPSA) is 66.0 Å². The maximum atomic E-state index is 12.5. The first-order valence-electron chi connectivity index (χ1n) is 8.19. The molecule has 0 amide bonds. The van der Waals surface area contributed by atoms with Crippen molar-refractivity contribution in [3.63, 3.8) is 0 Å². The van der Waals surface area contributed by atoms with Crippen molar-refractivity contribution < 1.29 is 13.2 Å². The maximum Gasteiger partial charge on any atom is 0.405 e. The van der Waals surface area contributed by atoms with Crippen LogP contribution in [0.5, 0.6) is 0 Å². The molecule has 1 fully saturated rings. The summed E-state index contributed by atoms with van der Waals surface area (Å²) in [5.74, 6) is 0.543. The molecular weight excluding hydrogens is 413 g/mol. The van der Waals surface area contributed by atoms with Gasteiger partial charge in [-0.25, -0.2) is 0 Å². The number of hydrogen-bond donors (Lipinski definition) is 2. The van der Waals surface area contributed by atoms with E-state index < -0.39 is 12.7 Å². The summed E-state index contributed by atoms with van der Waals surface area (Å²) in [6, 6.07) is 7.69. The Morgan fingerprint density at radius 2 is 1.73 bits per heavy atom. The van der Waals surface area contributed by atoms with E-state index in [4.69, 9.17) is 0 Å². The van der Waals surface area contributed by atoms with Crippen LogP contribution in [0.15, 0.2) is 28.7 Å². The van der Waals surface area contributed by atoms with Gasteiger partial charge in [-0.3, -0.25) is 0 Å². The average Bonchev–Trinajstić information content (AvgIpc) is 3.12. The van der Waals surface area contributed by atoms with Crippen molar-refractivity contribution in [2.75, 3.05) is 35.2 Å². The monoisotopic (exact) mass is 430 g/mol. The molecule has 1 aliphatic heterocycles. The lowest BCUT2D eigenvalue weighted by Crippen LogP contribution is -2.25. The molecule has 2 N–H and O–H groups in total. The van der Waals surface area contributed by atoms with E-state index in [-0.39, 0.29) is 11.9 Å². The second kappa shape index (κ2) is 8.07. The van der Waals surface area contributed by atoms with Crippen LogP contribution in [0.4, 0.5) is 31.0 Å². The quantitative estimate of drug-likeness (QED) is 0.725. The van der Waals surface area contributed by atoms with E-state index in [0.29, 0.717) is 12.5 Å². The molecule has 1 aromatic carbocycles. The van der Waals surface area contributed by atoms with Crippen molar-refractivity contribution in [3.05, 3.63) is 34.3 Å². The lowest BCUT2D eigenvalue weighted by Gasteiger charge is -2.17. The normalized spacial score (nSPS) is 14.5. The lowest BCUT2D eigenvalue weighted by molar-refractivity contribution is -0.115. The van der Waals surface area contributed by atoms with Crippen LogP contribution >= 0.6 is 15.9 Å². The van der Waals surface area contributed by atoms with Gasteiger partial charge < -0.3 is 15.5 Å². The highest BCUT2D eigenvalue weighted by Crippen LogP contribution is 2.21. The van der Waals surface area contributed by atoms with Gasteiger partial charge in [0.2, 0.25) is 17.8 Å². The molecular formula is C16H18BrF3N6. The molecule has 140 valence electrons. The first-order chi connectivity index (χ1) is 12.4. The first-order valence-corrected chi connectivity index (χ1v) is 8.98. The molecule has 10 heteroatoms. The van der Waals surface area contributed by atoms with Crippen molar-refractivity contribution >= 4 is 33.8 Å². The number of hydrogen-bond acceptors (Lipinski definition) is 6. The average molecular weight is 431 g/mol. The molecule has 6 nitrogen and oxygen atoms in total. The number of alkyl halides is 3. The Morgan fingerprint density at radius 3 is 2.38 bits per heavy atom. The van der Waals surface area contributed by atoms with Gasteiger partial charge in [-0.1, -0.05) is 28.1 Å². The Morgan fingerprint density at radius 1 is 1.04 bits per heavy atom. The van der Waals surface area contributed by atoms with Gasteiger partial charge in [0.05, 0.1) is 0 Å². The van der Waals surface area contributed by atoms with E-state index in [1.165, 1.54) is 0 Å².